The van der Waals surface area contributed by atoms with Gasteiger partial charge in [0, 0.05) is 6.54 Å². The van der Waals surface area contributed by atoms with Crippen LogP contribution < -0.4 is 10.6 Å². The standard InChI is InChI=1S/C10H16N2OS/c1-2-11-7-10(13)12-5-3-9-4-6-14-8-9/h4,6,8,11H,2-3,5,7H2,1H3,(H,12,13). The van der Waals surface area contributed by atoms with Crippen LogP contribution in [0.1, 0.15) is 12.5 Å². The Kier molecular flexibility index (Phi) is 5.25. The number of rotatable bonds is 6. The minimum absolute atomic E-state index is 0.0714. The largest absolute Gasteiger partial charge is 0.355 e. The first kappa shape index (κ1) is 11.2. The van der Waals surface area contributed by atoms with Gasteiger partial charge in [0.25, 0.3) is 0 Å². The summed E-state index contributed by atoms with van der Waals surface area (Å²) in [5, 5.41) is 10.00. The third-order valence-corrected chi connectivity index (χ3v) is 2.58. The maximum absolute atomic E-state index is 11.2. The van der Waals surface area contributed by atoms with Gasteiger partial charge in [-0.25, -0.2) is 0 Å². The van der Waals surface area contributed by atoms with E-state index >= 15 is 0 Å². The Bertz CT molecular complexity index is 259. The van der Waals surface area contributed by atoms with Gasteiger partial charge in [0.2, 0.25) is 5.91 Å². The smallest absolute Gasteiger partial charge is 0.233 e. The number of carbonyl (C=O) groups is 1. The molecule has 1 rings (SSSR count). The van der Waals surface area contributed by atoms with Crippen molar-refractivity contribution in [3.05, 3.63) is 22.4 Å². The van der Waals surface area contributed by atoms with Gasteiger partial charge in [-0.05, 0) is 35.4 Å². The lowest BCUT2D eigenvalue weighted by Gasteiger charge is -2.04. The molecule has 4 heteroatoms. The van der Waals surface area contributed by atoms with Crippen molar-refractivity contribution in [3.63, 3.8) is 0 Å². The Hall–Kier alpha value is -0.870. The summed E-state index contributed by atoms with van der Waals surface area (Å²) in [5.41, 5.74) is 1.29. The molecule has 78 valence electrons. The minimum atomic E-state index is 0.0714. The van der Waals surface area contributed by atoms with Crippen molar-refractivity contribution >= 4 is 17.2 Å². The third kappa shape index (κ3) is 4.39. The molecular formula is C10H16N2OS. The van der Waals surface area contributed by atoms with Gasteiger partial charge in [0.05, 0.1) is 6.54 Å². The highest BCUT2D eigenvalue weighted by molar-refractivity contribution is 7.07. The van der Waals surface area contributed by atoms with Crippen LogP contribution in [0.5, 0.6) is 0 Å². The molecule has 0 bridgehead atoms. The number of hydrogen-bond acceptors (Lipinski definition) is 3. The molecule has 0 aliphatic rings. The highest BCUT2D eigenvalue weighted by Crippen LogP contribution is 2.05. The van der Waals surface area contributed by atoms with Crippen molar-refractivity contribution in [2.45, 2.75) is 13.3 Å². The summed E-state index contributed by atoms with van der Waals surface area (Å²) in [5.74, 6) is 0.0714. The zero-order chi connectivity index (χ0) is 10.2. The molecule has 1 heterocycles. The van der Waals surface area contributed by atoms with Gasteiger partial charge in [0.15, 0.2) is 0 Å². The third-order valence-electron chi connectivity index (χ3n) is 1.85. The molecule has 0 spiro atoms. The van der Waals surface area contributed by atoms with Gasteiger partial charge in [-0.1, -0.05) is 6.92 Å². The molecule has 0 saturated carbocycles. The maximum Gasteiger partial charge on any atom is 0.233 e. The zero-order valence-corrected chi connectivity index (χ0v) is 9.19. The Labute approximate surface area is 88.5 Å². The van der Waals surface area contributed by atoms with E-state index in [1.165, 1.54) is 5.56 Å². The van der Waals surface area contributed by atoms with Crippen molar-refractivity contribution < 1.29 is 4.79 Å². The molecule has 0 aromatic carbocycles. The molecule has 14 heavy (non-hydrogen) atoms. The van der Waals surface area contributed by atoms with Gasteiger partial charge in [-0.2, -0.15) is 11.3 Å². The lowest BCUT2D eigenvalue weighted by Crippen LogP contribution is -2.34. The number of hydrogen-bond donors (Lipinski definition) is 2. The molecule has 0 aliphatic heterocycles. The van der Waals surface area contributed by atoms with Crippen LogP contribution in [0, 0.1) is 0 Å². The number of amides is 1. The van der Waals surface area contributed by atoms with E-state index in [0.717, 1.165) is 19.5 Å². The fourth-order valence-corrected chi connectivity index (χ4v) is 1.79. The first-order chi connectivity index (χ1) is 6.83. The number of nitrogens with one attached hydrogen (secondary N) is 2. The second-order valence-corrected chi connectivity index (χ2v) is 3.79. The van der Waals surface area contributed by atoms with E-state index < -0.39 is 0 Å². The van der Waals surface area contributed by atoms with Gasteiger partial charge in [-0.15, -0.1) is 0 Å². The second kappa shape index (κ2) is 6.56. The highest BCUT2D eigenvalue weighted by Gasteiger charge is 1.98. The Balaban J connectivity index is 2.06. The molecule has 0 unspecified atom stereocenters. The van der Waals surface area contributed by atoms with E-state index in [2.05, 4.69) is 27.5 Å². The number of likely N-dealkylation sites (N-methyl/N-ethyl adjacent to an activating group) is 1. The minimum Gasteiger partial charge on any atom is -0.355 e. The van der Waals surface area contributed by atoms with Crippen molar-refractivity contribution in [1.29, 1.82) is 0 Å². The zero-order valence-electron chi connectivity index (χ0n) is 8.38. The highest BCUT2D eigenvalue weighted by atomic mass is 32.1. The fourth-order valence-electron chi connectivity index (χ4n) is 1.08. The molecule has 2 N–H and O–H groups in total. The topological polar surface area (TPSA) is 41.1 Å². The number of carbonyl (C=O) groups excluding carboxylic acids is 1. The molecule has 1 amide bonds. The first-order valence-corrected chi connectivity index (χ1v) is 5.75. The predicted octanol–water partition coefficient (Wildman–Crippen LogP) is 1.02. The van der Waals surface area contributed by atoms with Gasteiger partial charge < -0.3 is 10.6 Å². The Morgan fingerprint density at radius 2 is 2.43 bits per heavy atom. The molecule has 0 aliphatic carbocycles. The molecule has 3 nitrogen and oxygen atoms in total. The van der Waals surface area contributed by atoms with E-state index in [4.69, 9.17) is 0 Å². The summed E-state index contributed by atoms with van der Waals surface area (Å²) >= 11 is 1.69. The van der Waals surface area contributed by atoms with E-state index in [0.29, 0.717) is 6.54 Å². The van der Waals surface area contributed by atoms with Gasteiger partial charge in [0.1, 0.15) is 0 Å². The van der Waals surface area contributed by atoms with Crippen LogP contribution in [0.2, 0.25) is 0 Å². The van der Waals surface area contributed by atoms with E-state index in [9.17, 15) is 4.79 Å². The summed E-state index contributed by atoms with van der Waals surface area (Å²) in [7, 11) is 0. The molecule has 0 fully saturated rings. The summed E-state index contributed by atoms with van der Waals surface area (Å²) in [4.78, 5) is 11.2. The van der Waals surface area contributed by atoms with Crippen molar-refractivity contribution in [2.24, 2.45) is 0 Å². The summed E-state index contributed by atoms with van der Waals surface area (Å²) < 4.78 is 0. The molecule has 0 atom stereocenters. The first-order valence-electron chi connectivity index (χ1n) is 4.81. The van der Waals surface area contributed by atoms with Crippen LogP contribution in [0.4, 0.5) is 0 Å². The lowest BCUT2D eigenvalue weighted by atomic mass is 10.2. The van der Waals surface area contributed by atoms with Crippen LogP contribution >= 0.6 is 11.3 Å². The molecule has 0 saturated heterocycles. The monoisotopic (exact) mass is 212 g/mol. The SMILES string of the molecule is CCNCC(=O)NCCc1ccsc1. The average Bonchev–Trinajstić information content (AvgIpc) is 2.67. The van der Waals surface area contributed by atoms with E-state index in [1.54, 1.807) is 11.3 Å². The Morgan fingerprint density at radius 1 is 1.57 bits per heavy atom. The van der Waals surface area contributed by atoms with Crippen molar-refractivity contribution in [3.8, 4) is 0 Å². The molecule has 1 aromatic rings. The van der Waals surface area contributed by atoms with Crippen LogP contribution in [-0.4, -0.2) is 25.5 Å². The van der Waals surface area contributed by atoms with Crippen LogP contribution in [-0.2, 0) is 11.2 Å². The Morgan fingerprint density at radius 3 is 3.07 bits per heavy atom. The normalized spacial score (nSPS) is 10.1. The van der Waals surface area contributed by atoms with Gasteiger partial charge in [-0.3, -0.25) is 4.79 Å². The van der Waals surface area contributed by atoms with Crippen LogP contribution in [0.3, 0.4) is 0 Å². The molecule has 0 radical (unpaired) electrons. The van der Waals surface area contributed by atoms with E-state index in [1.807, 2.05) is 6.92 Å². The van der Waals surface area contributed by atoms with E-state index in [-0.39, 0.29) is 5.91 Å². The van der Waals surface area contributed by atoms with Gasteiger partial charge >= 0.3 is 0 Å². The second-order valence-electron chi connectivity index (χ2n) is 3.01. The predicted molar refractivity (Wildman–Crippen MR) is 59.6 cm³/mol. The fraction of sp³-hybridized carbons (Fsp3) is 0.500. The van der Waals surface area contributed by atoms with Crippen LogP contribution in [0.25, 0.3) is 0 Å². The number of thiophene rings is 1. The van der Waals surface area contributed by atoms with Crippen molar-refractivity contribution in [1.82, 2.24) is 10.6 Å². The quantitative estimate of drug-likeness (QED) is 0.739. The van der Waals surface area contributed by atoms with Crippen LogP contribution in [0.15, 0.2) is 16.8 Å². The lowest BCUT2D eigenvalue weighted by molar-refractivity contribution is -0.120. The summed E-state index contributed by atoms with van der Waals surface area (Å²) in [6.07, 6.45) is 0.918. The molecule has 1 aromatic heterocycles. The average molecular weight is 212 g/mol. The summed E-state index contributed by atoms with van der Waals surface area (Å²) in [6, 6.07) is 2.08. The summed E-state index contributed by atoms with van der Waals surface area (Å²) in [6.45, 7) is 3.96. The van der Waals surface area contributed by atoms with Crippen molar-refractivity contribution in [2.75, 3.05) is 19.6 Å². The maximum atomic E-state index is 11.2. The molecular weight excluding hydrogens is 196 g/mol.